The summed E-state index contributed by atoms with van der Waals surface area (Å²) in [5, 5.41) is 18.0. The summed E-state index contributed by atoms with van der Waals surface area (Å²) in [6.07, 6.45) is 0. The molecule has 2 aromatic rings. The van der Waals surface area contributed by atoms with Crippen molar-refractivity contribution < 1.29 is 19.3 Å². The molecule has 2 rings (SSSR count). The van der Waals surface area contributed by atoms with Gasteiger partial charge in [0.2, 0.25) is 0 Å². The highest BCUT2D eigenvalue weighted by Crippen LogP contribution is 2.20. The van der Waals surface area contributed by atoms with E-state index in [4.69, 9.17) is 9.84 Å². The molecular weight excluding hydrogens is 271 g/mol. The van der Waals surface area contributed by atoms with Crippen LogP contribution in [-0.4, -0.2) is 16.8 Å². The number of rotatable bonds is 4. The van der Waals surface area contributed by atoms with Gasteiger partial charge in [0.05, 0.1) is 6.61 Å². The smallest absolute Gasteiger partial charge is 0.125 e. The first-order chi connectivity index (χ1) is 10.2. The SMILES string of the molecule is OCC#Cc1cc(F)ccc1COc1ccccc1CO. The minimum atomic E-state index is -0.392. The highest BCUT2D eigenvalue weighted by Gasteiger charge is 2.06. The summed E-state index contributed by atoms with van der Waals surface area (Å²) in [4.78, 5) is 0. The Labute approximate surface area is 122 Å². The molecule has 0 amide bonds. The maximum absolute atomic E-state index is 13.3. The summed E-state index contributed by atoms with van der Waals surface area (Å²) in [7, 11) is 0. The molecule has 0 saturated heterocycles. The second-order valence-corrected chi connectivity index (χ2v) is 4.32. The van der Waals surface area contributed by atoms with Gasteiger partial charge in [0, 0.05) is 16.7 Å². The zero-order valence-corrected chi connectivity index (χ0v) is 11.3. The number of aliphatic hydroxyl groups excluding tert-OH is 2. The minimum Gasteiger partial charge on any atom is -0.488 e. The molecule has 0 fully saturated rings. The van der Waals surface area contributed by atoms with E-state index in [1.54, 1.807) is 18.2 Å². The molecule has 0 bridgehead atoms. The molecule has 0 saturated carbocycles. The van der Waals surface area contributed by atoms with Crippen molar-refractivity contribution in [2.24, 2.45) is 0 Å². The highest BCUT2D eigenvalue weighted by molar-refractivity contribution is 5.42. The van der Waals surface area contributed by atoms with Crippen molar-refractivity contribution in [3.8, 4) is 17.6 Å². The van der Waals surface area contributed by atoms with Crippen molar-refractivity contribution in [3.63, 3.8) is 0 Å². The van der Waals surface area contributed by atoms with Crippen molar-refractivity contribution in [2.75, 3.05) is 6.61 Å². The molecule has 0 spiro atoms. The summed E-state index contributed by atoms with van der Waals surface area (Å²) < 4.78 is 18.9. The van der Waals surface area contributed by atoms with Crippen molar-refractivity contribution in [2.45, 2.75) is 13.2 Å². The van der Waals surface area contributed by atoms with Gasteiger partial charge in [-0.2, -0.15) is 0 Å². The predicted molar refractivity (Wildman–Crippen MR) is 77.1 cm³/mol. The first-order valence-corrected chi connectivity index (χ1v) is 6.44. The monoisotopic (exact) mass is 286 g/mol. The van der Waals surface area contributed by atoms with Crippen LogP contribution in [0, 0.1) is 17.7 Å². The fourth-order valence-corrected chi connectivity index (χ4v) is 1.86. The number of ether oxygens (including phenoxy) is 1. The lowest BCUT2D eigenvalue weighted by Crippen LogP contribution is -2.01. The van der Waals surface area contributed by atoms with Crippen LogP contribution >= 0.6 is 0 Å². The number of aliphatic hydroxyl groups is 2. The molecule has 0 aliphatic heterocycles. The van der Waals surface area contributed by atoms with Crippen molar-refractivity contribution in [3.05, 3.63) is 65.0 Å². The molecule has 0 unspecified atom stereocenters. The molecule has 3 nitrogen and oxygen atoms in total. The van der Waals surface area contributed by atoms with Crippen molar-refractivity contribution in [1.82, 2.24) is 0 Å². The van der Waals surface area contributed by atoms with Gasteiger partial charge in [-0.05, 0) is 18.2 Å². The summed E-state index contributed by atoms with van der Waals surface area (Å²) in [6.45, 7) is -0.201. The van der Waals surface area contributed by atoms with Gasteiger partial charge >= 0.3 is 0 Å². The van der Waals surface area contributed by atoms with Crippen LogP contribution in [0.25, 0.3) is 0 Å². The van der Waals surface area contributed by atoms with Gasteiger partial charge < -0.3 is 14.9 Å². The van der Waals surface area contributed by atoms with Crippen LogP contribution in [0.1, 0.15) is 16.7 Å². The van der Waals surface area contributed by atoms with E-state index in [9.17, 15) is 9.50 Å². The maximum atomic E-state index is 13.3. The first-order valence-electron chi connectivity index (χ1n) is 6.44. The van der Waals surface area contributed by atoms with Gasteiger partial charge in [-0.15, -0.1) is 0 Å². The first kappa shape index (κ1) is 15.0. The summed E-state index contributed by atoms with van der Waals surface area (Å²) in [5.74, 6) is 5.38. The van der Waals surface area contributed by atoms with Crippen LogP contribution in [0.2, 0.25) is 0 Å². The molecule has 0 radical (unpaired) electrons. The summed E-state index contributed by atoms with van der Waals surface area (Å²) in [5.41, 5.74) is 1.87. The average Bonchev–Trinajstić information content (AvgIpc) is 2.52. The summed E-state index contributed by atoms with van der Waals surface area (Å²) in [6, 6.07) is 11.4. The predicted octanol–water partition coefficient (Wildman–Crippen LogP) is 2.24. The van der Waals surface area contributed by atoms with Crippen molar-refractivity contribution in [1.29, 1.82) is 0 Å². The summed E-state index contributed by atoms with van der Waals surface area (Å²) >= 11 is 0. The Morgan fingerprint density at radius 2 is 1.86 bits per heavy atom. The van der Waals surface area contributed by atoms with Crippen LogP contribution in [-0.2, 0) is 13.2 Å². The van der Waals surface area contributed by atoms with Gasteiger partial charge in [-0.3, -0.25) is 0 Å². The van der Waals surface area contributed by atoms with E-state index in [0.717, 1.165) is 0 Å². The lowest BCUT2D eigenvalue weighted by atomic mass is 10.1. The number of benzene rings is 2. The topological polar surface area (TPSA) is 49.7 Å². The third-order valence-corrected chi connectivity index (χ3v) is 2.90. The molecule has 0 aliphatic rings. The number of para-hydroxylation sites is 1. The number of hydrogen-bond acceptors (Lipinski definition) is 3. The molecule has 108 valence electrons. The molecule has 21 heavy (non-hydrogen) atoms. The fraction of sp³-hybridized carbons (Fsp3) is 0.176. The van der Waals surface area contributed by atoms with E-state index in [0.29, 0.717) is 22.4 Å². The molecule has 0 heterocycles. The van der Waals surface area contributed by atoms with E-state index >= 15 is 0 Å². The van der Waals surface area contributed by atoms with E-state index in [1.807, 2.05) is 12.1 Å². The largest absolute Gasteiger partial charge is 0.488 e. The van der Waals surface area contributed by atoms with E-state index < -0.39 is 5.82 Å². The molecule has 2 aromatic carbocycles. The Bertz CT molecular complexity index is 671. The molecule has 0 aromatic heterocycles. The second kappa shape index (κ2) is 7.44. The number of hydrogen-bond donors (Lipinski definition) is 2. The minimum absolute atomic E-state index is 0.114. The van der Waals surface area contributed by atoms with Crippen LogP contribution in [0.3, 0.4) is 0 Å². The van der Waals surface area contributed by atoms with Gasteiger partial charge in [-0.1, -0.05) is 36.1 Å². The Balaban J connectivity index is 2.20. The van der Waals surface area contributed by atoms with Gasteiger partial charge in [0.15, 0.2) is 0 Å². The van der Waals surface area contributed by atoms with Crippen LogP contribution in [0.15, 0.2) is 42.5 Å². The Kier molecular flexibility index (Phi) is 5.33. The average molecular weight is 286 g/mol. The molecular formula is C17H15FO3. The maximum Gasteiger partial charge on any atom is 0.125 e. The molecule has 2 N–H and O–H groups in total. The number of halogens is 1. The molecule has 0 aliphatic carbocycles. The Hall–Kier alpha value is -2.35. The van der Waals surface area contributed by atoms with Gasteiger partial charge in [-0.25, -0.2) is 4.39 Å². The zero-order chi connectivity index (χ0) is 15.1. The van der Waals surface area contributed by atoms with Crippen molar-refractivity contribution >= 4 is 0 Å². The zero-order valence-electron chi connectivity index (χ0n) is 11.3. The van der Waals surface area contributed by atoms with E-state index in [1.165, 1.54) is 12.1 Å². The standard InChI is InChI=1S/C17H15FO3/c18-16-8-7-15(13(10-16)5-3-9-19)12-21-17-6-2-1-4-14(17)11-20/h1-2,4,6-8,10,19-20H,9,11-12H2. The quantitative estimate of drug-likeness (QED) is 0.848. The molecule has 0 atom stereocenters. The normalized spacial score (nSPS) is 9.86. The van der Waals surface area contributed by atoms with Gasteiger partial charge in [0.1, 0.15) is 24.8 Å². The van der Waals surface area contributed by atoms with Crippen LogP contribution in [0.4, 0.5) is 4.39 Å². The van der Waals surface area contributed by atoms with E-state index in [-0.39, 0.29) is 19.8 Å². The third kappa shape index (κ3) is 4.06. The second-order valence-electron chi connectivity index (χ2n) is 4.32. The van der Waals surface area contributed by atoms with Crippen LogP contribution < -0.4 is 4.74 Å². The van der Waals surface area contributed by atoms with Gasteiger partial charge in [0.25, 0.3) is 0 Å². The Morgan fingerprint density at radius 3 is 2.62 bits per heavy atom. The lowest BCUT2D eigenvalue weighted by Gasteiger charge is -2.11. The Morgan fingerprint density at radius 1 is 1.05 bits per heavy atom. The fourth-order valence-electron chi connectivity index (χ4n) is 1.86. The van der Waals surface area contributed by atoms with E-state index in [2.05, 4.69) is 11.8 Å². The molecule has 4 heteroatoms. The third-order valence-electron chi connectivity index (χ3n) is 2.90. The lowest BCUT2D eigenvalue weighted by molar-refractivity contribution is 0.259. The highest BCUT2D eigenvalue weighted by atomic mass is 19.1. The van der Waals surface area contributed by atoms with Crippen LogP contribution in [0.5, 0.6) is 5.75 Å².